The first kappa shape index (κ1) is 18.8. The van der Waals surface area contributed by atoms with E-state index in [-0.39, 0.29) is 5.91 Å². The summed E-state index contributed by atoms with van der Waals surface area (Å²) in [6.45, 7) is 4.25. The van der Waals surface area contributed by atoms with Crippen LogP contribution in [0.4, 0.5) is 0 Å². The minimum absolute atomic E-state index is 0.0261. The van der Waals surface area contributed by atoms with Crippen molar-refractivity contribution in [2.24, 2.45) is 0 Å². The molecule has 1 saturated heterocycles. The van der Waals surface area contributed by atoms with Crippen LogP contribution in [0.5, 0.6) is 5.75 Å². The Labute approximate surface area is 165 Å². The molecule has 1 N–H and O–H groups in total. The van der Waals surface area contributed by atoms with E-state index < -0.39 is 0 Å². The van der Waals surface area contributed by atoms with Crippen molar-refractivity contribution in [3.63, 3.8) is 0 Å². The van der Waals surface area contributed by atoms with Gasteiger partial charge in [-0.1, -0.05) is 0 Å². The van der Waals surface area contributed by atoms with Crippen LogP contribution >= 0.6 is 0 Å². The number of nitrogens with one attached hydrogen (secondary N) is 1. The number of hydrogen-bond donors (Lipinski definition) is 1. The zero-order valence-electron chi connectivity index (χ0n) is 16.2. The molecule has 7 heteroatoms. The standard InChI is InChI=1S/C21H26N4O3/c1-27-10-11-28-18-4-2-15(3-5-18)21(26)25-9-7-19-17(14-25)13-23-20(24-19)16-6-8-22-12-16/h2-5,13,16,22H,6-12,14H2,1H3. The molecule has 0 saturated carbocycles. The Balaban J connectivity index is 1.40. The molecule has 2 aromatic rings. The topological polar surface area (TPSA) is 76.6 Å². The lowest BCUT2D eigenvalue weighted by atomic mass is 10.0. The van der Waals surface area contributed by atoms with Crippen molar-refractivity contribution in [1.29, 1.82) is 0 Å². The van der Waals surface area contributed by atoms with Crippen LogP contribution in [0.25, 0.3) is 0 Å². The fraction of sp³-hybridized carbons (Fsp3) is 0.476. The van der Waals surface area contributed by atoms with E-state index in [0.29, 0.717) is 37.8 Å². The average Bonchev–Trinajstić information content (AvgIpc) is 3.28. The van der Waals surface area contributed by atoms with Crippen molar-refractivity contribution in [2.45, 2.75) is 25.3 Å². The fourth-order valence-electron chi connectivity index (χ4n) is 3.70. The van der Waals surface area contributed by atoms with Crippen LogP contribution < -0.4 is 10.1 Å². The van der Waals surface area contributed by atoms with Gasteiger partial charge in [0, 0.05) is 56.4 Å². The summed E-state index contributed by atoms with van der Waals surface area (Å²) in [4.78, 5) is 24.1. The first-order chi connectivity index (χ1) is 13.7. The number of carbonyl (C=O) groups excluding carboxylic acids is 1. The van der Waals surface area contributed by atoms with Gasteiger partial charge in [0.1, 0.15) is 18.2 Å². The minimum atomic E-state index is 0.0261. The highest BCUT2D eigenvalue weighted by Gasteiger charge is 2.25. The summed E-state index contributed by atoms with van der Waals surface area (Å²) >= 11 is 0. The van der Waals surface area contributed by atoms with Crippen molar-refractivity contribution in [1.82, 2.24) is 20.2 Å². The summed E-state index contributed by atoms with van der Waals surface area (Å²) in [5, 5.41) is 3.36. The lowest BCUT2D eigenvalue weighted by molar-refractivity contribution is 0.0733. The molecule has 0 spiro atoms. The molecular weight excluding hydrogens is 356 g/mol. The molecule has 7 nitrogen and oxygen atoms in total. The Bertz CT molecular complexity index is 819. The highest BCUT2D eigenvalue weighted by molar-refractivity contribution is 5.94. The maximum absolute atomic E-state index is 12.9. The average molecular weight is 382 g/mol. The number of fused-ring (bicyclic) bond motifs is 1. The van der Waals surface area contributed by atoms with Crippen molar-refractivity contribution >= 4 is 5.91 Å². The number of rotatable bonds is 6. The molecule has 28 heavy (non-hydrogen) atoms. The van der Waals surface area contributed by atoms with Gasteiger partial charge in [-0.15, -0.1) is 0 Å². The van der Waals surface area contributed by atoms with Gasteiger partial charge in [0.15, 0.2) is 0 Å². The predicted octanol–water partition coefficient (Wildman–Crippen LogP) is 1.78. The number of methoxy groups -OCH3 is 1. The Morgan fingerprint density at radius 1 is 1.29 bits per heavy atom. The zero-order valence-corrected chi connectivity index (χ0v) is 16.2. The SMILES string of the molecule is COCCOc1ccc(C(=O)N2CCc3nc(C4CCNC4)ncc3C2)cc1. The third-order valence-corrected chi connectivity index (χ3v) is 5.32. The highest BCUT2D eigenvalue weighted by Crippen LogP contribution is 2.24. The second-order valence-electron chi connectivity index (χ2n) is 7.23. The quantitative estimate of drug-likeness (QED) is 0.768. The second-order valence-corrected chi connectivity index (χ2v) is 7.23. The Morgan fingerprint density at radius 2 is 2.14 bits per heavy atom. The molecule has 2 aliphatic heterocycles. The smallest absolute Gasteiger partial charge is 0.254 e. The van der Waals surface area contributed by atoms with Crippen LogP contribution in [0.2, 0.25) is 0 Å². The Morgan fingerprint density at radius 3 is 2.89 bits per heavy atom. The van der Waals surface area contributed by atoms with E-state index in [1.807, 2.05) is 35.4 Å². The molecule has 4 rings (SSSR count). The molecular formula is C21H26N4O3. The fourth-order valence-corrected chi connectivity index (χ4v) is 3.70. The summed E-state index contributed by atoms with van der Waals surface area (Å²) < 4.78 is 10.5. The van der Waals surface area contributed by atoms with Gasteiger partial charge in [0.2, 0.25) is 0 Å². The number of carbonyl (C=O) groups is 1. The van der Waals surface area contributed by atoms with Crippen molar-refractivity contribution < 1.29 is 14.3 Å². The Hall–Kier alpha value is -2.51. The van der Waals surface area contributed by atoms with Crippen LogP contribution in [-0.2, 0) is 17.7 Å². The van der Waals surface area contributed by atoms with Crippen molar-refractivity contribution in [3.05, 3.63) is 53.1 Å². The second kappa shape index (κ2) is 8.67. The summed E-state index contributed by atoms with van der Waals surface area (Å²) in [5.41, 5.74) is 2.80. The molecule has 1 aromatic carbocycles. The van der Waals surface area contributed by atoms with Gasteiger partial charge < -0.3 is 19.7 Å². The van der Waals surface area contributed by atoms with Gasteiger partial charge in [-0.25, -0.2) is 9.97 Å². The third-order valence-electron chi connectivity index (χ3n) is 5.32. The molecule has 1 unspecified atom stereocenters. The Kier molecular flexibility index (Phi) is 5.83. The number of aromatic nitrogens is 2. The molecule has 1 atom stereocenters. The third kappa shape index (κ3) is 4.15. The monoisotopic (exact) mass is 382 g/mol. The van der Waals surface area contributed by atoms with Gasteiger partial charge in [0.25, 0.3) is 5.91 Å². The van der Waals surface area contributed by atoms with E-state index in [2.05, 4.69) is 10.3 Å². The van der Waals surface area contributed by atoms with Crippen LogP contribution in [0.15, 0.2) is 30.5 Å². The highest BCUT2D eigenvalue weighted by atomic mass is 16.5. The molecule has 3 heterocycles. The van der Waals surface area contributed by atoms with Crippen molar-refractivity contribution in [3.8, 4) is 5.75 Å². The van der Waals surface area contributed by atoms with Crippen LogP contribution in [-0.4, -0.2) is 60.7 Å². The summed E-state index contributed by atoms with van der Waals surface area (Å²) in [5.74, 6) is 2.11. The molecule has 0 radical (unpaired) electrons. The van der Waals surface area contributed by atoms with Gasteiger partial charge >= 0.3 is 0 Å². The van der Waals surface area contributed by atoms with E-state index in [0.717, 1.165) is 48.8 Å². The van der Waals surface area contributed by atoms with E-state index in [4.69, 9.17) is 14.5 Å². The lowest BCUT2D eigenvalue weighted by Crippen LogP contribution is -2.36. The molecule has 2 aliphatic rings. The van der Waals surface area contributed by atoms with Gasteiger partial charge in [-0.05, 0) is 37.2 Å². The summed E-state index contributed by atoms with van der Waals surface area (Å²) in [6.07, 6.45) is 3.77. The number of ether oxygens (including phenoxy) is 2. The number of hydrogen-bond acceptors (Lipinski definition) is 6. The zero-order chi connectivity index (χ0) is 19.3. The molecule has 0 bridgehead atoms. The number of benzene rings is 1. The largest absolute Gasteiger partial charge is 0.491 e. The van der Waals surface area contributed by atoms with Gasteiger partial charge in [-0.3, -0.25) is 4.79 Å². The normalized spacial score (nSPS) is 18.8. The van der Waals surface area contributed by atoms with Crippen molar-refractivity contribution in [2.75, 3.05) is 40.0 Å². The van der Waals surface area contributed by atoms with Gasteiger partial charge in [-0.2, -0.15) is 0 Å². The maximum Gasteiger partial charge on any atom is 0.254 e. The molecule has 148 valence electrons. The van der Waals surface area contributed by atoms with E-state index in [9.17, 15) is 4.79 Å². The minimum Gasteiger partial charge on any atom is -0.491 e. The molecule has 1 fully saturated rings. The first-order valence-electron chi connectivity index (χ1n) is 9.81. The van der Waals surface area contributed by atoms with E-state index >= 15 is 0 Å². The summed E-state index contributed by atoms with van der Waals surface area (Å²) in [6, 6.07) is 7.27. The van der Waals surface area contributed by atoms with Crippen LogP contribution in [0, 0.1) is 0 Å². The van der Waals surface area contributed by atoms with Crippen LogP contribution in [0.1, 0.15) is 39.8 Å². The first-order valence-corrected chi connectivity index (χ1v) is 9.81. The predicted molar refractivity (Wildman–Crippen MR) is 105 cm³/mol. The maximum atomic E-state index is 12.9. The lowest BCUT2D eigenvalue weighted by Gasteiger charge is -2.28. The van der Waals surface area contributed by atoms with Crippen LogP contribution in [0.3, 0.4) is 0 Å². The molecule has 1 aromatic heterocycles. The number of nitrogens with zero attached hydrogens (tertiary/aromatic N) is 3. The molecule has 0 aliphatic carbocycles. The summed E-state index contributed by atoms with van der Waals surface area (Å²) in [7, 11) is 1.64. The molecule has 1 amide bonds. The number of amides is 1. The van der Waals surface area contributed by atoms with E-state index in [1.54, 1.807) is 7.11 Å². The van der Waals surface area contributed by atoms with E-state index in [1.165, 1.54) is 0 Å². The van der Waals surface area contributed by atoms with Gasteiger partial charge in [0.05, 0.1) is 12.3 Å².